The number of carbonyl (C=O) groups excluding carboxylic acids is 3. The summed E-state index contributed by atoms with van der Waals surface area (Å²) in [4.78, 5) is 38.7. The minimum absolute atomic E-state index is 0.290. The number of rotatable bonds is 12. The first kappa shape index (κ1) is 25.0. The first-order chi connectivity index (χ1) is 16.5. The zero-order chi connectivity index (χ0) is 24.5. The Bertz CT molecular complexity index is 1040. The average molecular weight is 470 g/mol. The summed E-state index contributed by atoms with van der Waals surface area (Å²) in [6.45, 7) is 6.07. The molecule has 34 heavy (non-hydrogen) atoms. The molecule has 1 aliphatic heterocycles. The van der Waals surface area contributed by atoms with Gasteiger partial charge in [0.2, 0.25) is 0 Å². The number of fused-ring (bicyclic) bond motifs is 1. The number of ether oxygens (including phenoxy) is 3. The van der Waals surface area contributed by atoms with Crippen molar-refractivity contribution in [3.05, 3.63) is 53.1 Å². The van der Waals surface area contributed by atoms with Gasteiger partial charge < -0.3 is 24.8 Å². The third kappa shape index (κ3) is 6.05. The van der Waals surface area contributed by atoms with Crippen molar-refractivity contribution in [3.63, 3.8) is 0 Å². The van der Waals surface area contributed by atoms with Gasteiger partial charge in [0.25, 0.3) is 11.8 Å². The number of nitrogens with one attached hydrogen (secondary N) is 2. The minimum atomic E-state index is -0.398. The van der Waals surface area contributed by atoms with Crippen LogP contribution >= 0.6 is 0 Å². The Hall–Kier alpha value is -3.59. The Morgan fingerprint density at radius 3 is 2.41 bits per heavy atom. The molecule has 0 bridgehead atoms. The summed E-state index contributed by atoms with van der Waals surface area (Å²) in [5, 5.41) is 5.52. The van der Waals surface area contributed by atoms with Crippen LogP contribution in [0.5, 0.6) is 11.5 Å². The maximum Gasteiger partial charge on any atom is 0.319 e. The molecule has 1 heterocycles. The number of nitrogens with zero attached hydrogens (tertiary/aromatic N) is 1. The summed E-state index contributed by atoms with van der Waals surface area (Å²) in [6.07, 6.45) is 1.17. The van der Waals surface area contributed by atoms with Crippen molar-refractivity contribution in [2.75, 3.05) is 45.3 Å². The van der Waals surface area contributed by atoms with Gasteiger partial charge in [-0.15, -0.1) is 0 Å². The quantitative estimate of drug-likeness (QED) is 0.364. The third-order valence-electron chi connectivity index (χ3n) is 5.27. The normalized spacial score (nSPS) is 12.5. The topological polar surface area (TPSA) is 106 Å². The summed E-state index contributed by atoms with van der Waals surface area (Å²) in [5.41, 5.74) is 2.07. The lowest BCUT2D eigenvalue weighted by Crippen LogP contribution is -2.31. The van der Waals surface area contributed by atoms with Crippen LogP contribution in [0.4, 0.5) is 10.5 Å². The zero-order valence-corrected chi connectivity index (χ0v) is 19.8. The number of hydrogen-bond donors (Lipinski definition) is 2. The molecule has 2 aromatic carbocycles. The van der Waals surface area contributed by atoms with Crippen LogP contribution in [0.3, 0.4) is 0 Å². The standard InChI is InChI=1S/C25H31N3O6/c1-4-33-21-10-7-17(15-22(21)34-5-2)11-12-26-25(31)27-18-8-9-19-20(16-18)24(30)28(23(19)29)13-6-14-32-3/h7-10,15-16H,4-6,11-14H2,1-3H3,(H2,26,27,31). The number of methoxy groups -OCH3 is 1. The molecular formula is C25H31N3O6. The number of carbonyl (C=O) groups is 3. The Morgan fingerprint density at radius 2 is 1.68 bits per heavy atom. The molecule has 3 rings (SSSR count). The molecule has 4 amide bonds. The second kappa shape index (κ2) is 12.0. The first-order valence-electron chi connectivity index (χ1n) is 11.4. The molecule has 1 aliphatic rings. The molecule has 0 saturated heterocycles. The molecule has 0 unspecified atom stereocenters. The molecule has 9 heteroatoms. The Kier molecular flexibility index (Phi) is 8.86. The third-order valence-corrected chi connectivity index (χ3v) is 5.27. The second-order valence-corrected chi connectivity index (χ2v) is 7.65. The van der Waals surface area contributed by atoms with Gasteiger partial charge in [-0.05, 0) is 62.6 Å². The summed E-state index contributed by atoms with van der Waals surface area (Å²) in [5.74, 6) is 0.690. The maximum absolute atomic E-state index is 12.6. The number of hydrogen-bond acceptors (Lipinski definition) is 6. The monoisotopic (exact) mass is 469 g/mol. The molecule has 0 aliphatic carbocycles. The first-order valence-corrected chi connectivity index (χ1v) is 11.4. The highest BCUT2D eigenvalue weighted by molar-refractivity contribution is 6.21. The van der Waals surface area contributed by atoms with E-state index in [1.54, 1.807) is 19.2 Å². The van der Waals surface area contributed by atoms with E-state index in [1.165, 1.54) is 11.0 Å². The van der Waals surface area contributed by atoms with E-state index in [4.69, 9.17) is 14.2 Å². The SMILES string of the molecule is CCOc1ccc(CCNC(=O)Nc2ccc3c(c2)C(=O)N(CCCOC)C3=O)cc1OCC. The number of anilines is 1. The number of benzene rings is 2. The molecule has 0 spiro atoms. The van der Waals surface area contributed by atoms with Crippen LogP contribution in [0.2, 0.25) is 0 Å². The van der Waals surface area contributed by atoms with Crippen molar-refractivity contribution in [3.8, 4) is 11.5 Å². The summed E-state index contributed by atoms with van der Waals surface area (Å²) < 4.78 is 16.2. The summed E-state index contributed by atoms with van der Waals surface area (Å²) in [6, 6.07) is 10.0. The Labute approximate surface area is 199 Å². The second-order valence-electron chi connectivity index (χ2n) is 7.65. The lowest BCUT2D eigenvalue weighted by Gasteiger charge is -2.13. The highest BCUT2D eigenvalue weighted by atomic mass is 16.5. The maximum atomic E-state index is 12.6. The van der Waals surface area contributed by atoms with E-state index < -0.39 is 6.03 Å². The van der Waals surface area contributed by atoms with Gasteiger partial charge in [0.1, 0.15) is 0 Å². The highest BCUT2D eigenvalue weighted by Gasteiger charge is 2.35. The smallest absolute Gasteiger partial charge is 0.319 e. The van der Waals surface area contributed by atoms with Gasteiger partial charge in [0.15, 0.2) is 11.5 Å². The van der Waals surface area contributed by atoms with Gasteiger partial charge in [0.05, 0.1) is 24.3 Å². The van der Waals surface area contributed by atoms with Crippen molar-refractivity contribution < 1.29 is 28.6 Å². The van der Waals surface area contributed by atoms with Crippen LogP contribution in [0.25, 0.3) is 0 Å². The van der Waals surface area contributed by atoms with E-state index in [1.807, 2.05) is 32.0 Å². The van der Waals surface area contributed by atoms with Gasteiger partial charge in [-0.25, -0.2) is 4.79 Å². The predicted molar refractivity (Wildman–Crippen MR) is 128 cm³/mol. The van der Waals surface area contributed by atoms with Crippen molar-refractivity contribution in [1.29, 1.82) is 0 Å². The van der Waals surface area contributed by atoms with Crippen LogP contribution in [0, 0.1) is 0 Å². The Balaban J connectivity index is 1.54. The number of urea groups is 1. The molecule has 0 saturated carbocycles. The van der Waals surface area contributed by atoms with Crippen LogP contribution in [-0.4, -0.2) is 62.8 Å². The van der Waals surface area contributed by atoms with Crippen molar-refractivity contribution >= 4 is 23.5 Å². The molecule has 0 atom stereocenters. The number of amides is 4. The van der Waals surface area contributed by atoms with Gasteiger partial charge in [-0.1, -0.05) is 6.07 Å². The fourth-order valence-electron chi connectivity index (χ4n) is 3.69. The summed E-state index contributed by atoms with van der Waals surface area (Å²) in [7, 11) is 1.57. The number of imide groups is 1. The van der Waals surface area contributed by atoms with E-state index in [2.05, 4.69) is 10.6 Å². The van der Waals surface area contributed by atoms with Crippen molar-refractivity contribution in [1.82, 2.24) is 10.2 Å². The predicted octanol–water partition coefficient (Wildman–Crippen LogP) is 3.48. The van der Waals surface area contributed by atoms with Gasteiger partial charge in [-0.2, -0.15) is 0 Å². The highest BCUT2D eigenvalue weighted by Crippen LogP contribution is 2.29. The van der Waals surface area contributed by atoms with Gasteiger partial charge in [0, 0.05) is 32.5 Å². The zero-order valence-electron chi connectivity index (χ0n) is 19.8. The van der Waals surface area contributed by atoms with E-state index >= 15 is 0 Å². The Morgan fingerprint density at radius 1 is 0.941 bits per heavy atom. The lowest BCUT2D eigenvalue weighted by molar-refractivity contribution is 0.0638. The lowest BCUT2D eigenvalue weighted by atomic mass is 10.1. The molecule has 0 radical (unpaired) electrons. The largest absolute Gasteiger partial charge is 0.490 e. The minimum Gasteiger partial charge on any atom is -0.490 e. The summed E-state index contributed by atoms with van der Waals surface area (Å²) >= 11 is 0. The molecule has 2 aromatic rings. The fourth-order valence-corrected chi connectivity index (χ4v) is 3.69. The molecule has 182 valence electrons. The van der Waals surface area contributed by atoms with E-state index in [0.29, 0.717) is 68.5 Å². The van der Waals surface area contributed by atoms with E-state index in [0.717, 1.165) is 5.56 Å². The molecule has 0 fully saturated rings. The molecular weight excluding hydrogens is 438 g/mol. The van der Waals surface area contributed by atoms with Crippen LogP contribution in [0.15, 0.2) is 36.4 Å². The van der Waals surface area contributed by atoms with Crippen molar-refractivity contribution in [2.45, 2.75) is 26.7 Å². The van der Waals surface area contributed by atoms with Crippen molar-refractivity contribution in [2.24, 2.45) is 0 Å². The van der Waals surface area contributed by atoms with Crippen LogP contribution in [0.1, 0.15) is 46.5 Å². The average Bonchev–Trinajstić information content (AvgIpc) is 3.05. The van der Waals surface area contributed by atoms with Gasteiger partial charge in [-0.3, -0.25) is 14.5 Å². The van der Waals surface area contributed by atoms with Gasteiger partial charge >= 0.3 is 6.03 Å². The van der Waals surface area contributed by atoms with E-state index in [-0.39, 0.29) is 17.4 Å². The van der Waals surface area contributed by atoms with Crippen LogP contribution in [-0.2, 0) is 11.2 Å². The molecule has 2 N–H and O–H groups in total. The molecule has 0 aromatic heterocycles. The molecule has 9 nitrogen and oxygen atoms in total. The fraction of sp³-hybridized carbons (Fsp3) is 0.400. The van der Waals surface area contributed by atoms with Crippen LogP contribution < -0.4 is 20.1 Å². The van der Waals surface area contributed by atoms with E-state index in [9.17, 15) is 14.4 Å².